The normalized spacial score (nSPS) is 18.8. The van der Waals surface area contributed by atoms with Crippen LogP contribution in [0, 0.1) is 0 Å². The van der Waals surface area contributed by atoms with Gasteiger partial charge in [-0.25, -0.2) is 0 Å². The maximum atomic E-state index is 11.8. The fourth-order valence-corrected chi connectivity index (χ4v) is 7.26. The van der Waals surface area contributed by atoms with E-state index >= 15 is 0 Å². The Morgan fingerprint density at radius 1 is 0.385 bits per heavy atom. The molecule has 2 aliphatic rings. The summed E-state index contributed by atoms with van der Waals surface area (Å²) in [5, 5.41) is 84.0. The summed E-state index contributed by atoms with van der Waals surface area (Å²) in [4.78, 5) is 0. The van der Waals surface area contributed by atoms with Crippen LogP contribution in [0.3, 0.4) is 0 Å². The van der Waals surface area contributed by atoms with Crippen molar-refractivity contribution in [3.8, 4) is 57.5 Å². The molecule has 0 fully saturated rings. The van der Waals surface area contributed by atoms with Crippen LogP contribution in [0.15, 0.2) is 109 Å². The van der Waals surface area contributed by atoms with Crippen molar-refractivity contribution in [2.24, 2.45) is 0 Å². The third kappa shape index (κ3) is 5.75. The number of hydrogen-bond donors (Lipinski definition) is 8. The van der Waals surface area contributed by atoms with E-state index in [1.54, 1.807) is 66.7 Å². The lowest BCUT2D eigenvalue weighted by Gasteiger charge is -2.22. The molecule has 0 amide bonds. The number of fused-ring (bicyclic) bond motifs is 2. The lowest BCUT2D eigenvalue weighted by molar-refractivity contribution is 0.218. The van der Waals surface area contributed by atoms with Crippen LogP contribution in [0.5, 0.6) is 57.5 Å². The molecule has 10 nitrogen and oxygen atoms in total. The van der Waals surface area contributed by atoms with Crippen molar-refractivity contribution in [2.45, 2.75) is 24.0 Å². The summed E-state index contributed by atoms with van der Waals surface area (Å²) < 4.78 is 13.1. The van der Waals surface area contributed by atoms with Crippen LogP contribution >= 0.6 is 0 Å². The van der Waals surface area contributed by atoms with Gasteiger partial charge in [-0.2, -0.15) is 0 Å². The number of ether oxygens (including phenoxy) is 2. The van der Waals surface area contributed by atoms with Gasteiger partial charge < -0.3 is 50.3 Å². The van der Waals surface area contributed by atoms with Gasteiger partial charge in [0.25, 0.3) is 0 Å². The number of hydrogen-bond acceptors (Lipinski definition) is 10. The smallest absolute Gasteiger partial charge is 0.135 e. The largest absolute Gasteiger partial charge is 0.508 e. The molecule has 4 unspecified atom stereocenters. The molecule has 8 rings (SSSR count). The van der Waals surface area contributed by atoms with Crippen LogP contribution < -0.4 is 9.47 Å². The van der Waals surface area contributed by atoms with Crippen molar-refractivity contribution in [3.63, 3.8) is 0 Å². The molecule has 8 N–H and O–H groups in total. The maximum Gasteiger partial charge on any atom is 0.135 e. The fourth-order valence-electron chi connectivity index (χ4n) is 7.26. The molecule has 0 aromatic heterocycles. The van der Waals surface area contributed by atoms with Gasteiger partial charge in [0, 0.05) is 28.8 Å². The van der Waals surface area contributed by atoms with Crippen LogP contribution in [0.25, 0.3) is 12.2 Å². The highest BCUT2D eigenvalue weighted by atomic mass is 16.5. The minimum atomic E-state index is -0.714. The first kappa shape index (κ1) is 32.3. The van der Waals surface area contributed by atoms with Crippen molar-refractivity contribution in [1.29, 1.82) is 0 Å². The van der Waals surface area contributed by atoms with Gasteiger partial charge in [0.2, 0.25) is 0 Å². The summed E-state index contributed by atoms with van der Waals surface area (Å²) in [7, 11) is 0. The summed E-state index contributed by atoms with van der Waals surface area (Å²) in [6.07, 6.45) is 1.92. The Labute approximate surface area is 297 Å². The van der Waals surface area contributed by atoms with E-state index in [1.165, 1.54) is 54.6 Å². The third-order valence-electron chi connectivity index (χ3n) is 9.58. The van der Waals surface area contributed by atoms with E-state index < -0.39 is 24.0 Å². The predicted molar refractivity (Wildman–Crippen MR) is 191 cm³/mol. The Bertz CT molecular complexity index is 2350. The van der Waals surface area contributed by atoms with Crippen molar-refractivity contribution in [1.82, 2.24) is 0 Å². The van der Waals surface area contributed by atoms with Crippen LogP contribution in [0.2, 0.25) is 0 Å². The number of rotatable bonds is 6. The second-order valence-electron chi connectivity index (χ2n) is 13.0. The minimum Gasteiger partial charge on any atom is -0.508 e. The van der Waals surface area contributed by atoms with Crippen LogP contribution in [-0.4, -0.2) is 40.9 Å². The SMILES string of the molecule is Oc1ccc(C2Oc3cc(C=Cc4ccc(O)cc4O)cc(O)c3C2c2cc(O)c3c(c2)OC(c2ccc(O)cc2)C3c2cc(O)cc(O)c2)cc1. The third-order valence-corrected chi connectivity index (χ3v) is 9.58. The molecule has 2 aliphatic heterocycles. The molecule has 6 aromatic carbocycles. The van der Waals surface area contributed by atoms with Gasteiger partial charge in [-0.05, 0) is 101 Å². The van der Waals surface area contributed by atoms with Gasteiger partial charge in [-0.15, -0.1) is 0 Å². The van der Waals surface area contributed by atoms with Crippen molar-refractivity contribution < 1.29 is 50.3 Å². The van der Waals surface area contributed by atoms with Gasteiger partial charge in [0.15, 0.2) is 0 Å². The van der Waals surface area contributed by atoms with E-state index in [0.29, 0.717) is 56.0 Å². The predicted octanol–water partition coefficient (Wildman–Crippen LogP) is 8.03. The molecule has 52 heavy (non-hydrogen) atoms. The van der Waals surface area contributed by atoms with Gasteiger partial charge in [0.1, 0.15) is 69.7 Å². The minimum absolute atomic E-state index is 0.0630. The van der Waals surface area contributed by atoms with Crippen molar-refractivity contribution in [3.05, 3.63) is 154 Å². The first-order chi connectivity index (χ1) is 25.0. The summed E-state index contributed by atoms with van der Waals surface area (Å²) >= 11 is 0. The second-order valence-corrected chi connectivity index (χ2v) is 13.0. The highest BCUT2D eigenvalue weighted by Gasteiger charge is 2.43. The molecule has 0 saturated heterocycles. The molecular weight excluding hydrogens is 664 g/mol. The molecule has 0 aliphatic carbocycles. The first-order valence-corrected chi connectivity index (χ1v) is 16.4. The molecule has 4 atom stereocenters. The van der Waals surface area contributed by atoms with Crippen molar-refractivity contribution in [2.75, 3.05) is 0 Å². The standard InChI is InChI=1S/C42H32O10/c43-27-8-4-23(5-9-27)41-37(25-15-30(46)19-31(47)16-25)40-34(50)17-26(18-36(40)52-41)38-39-33(49)13-21(1-2-22-3-12-29(45)20-32(22)48)14-35(39)51-42(38)24-6-10-28(44)11-7-24/h1-20,37-38,41-50H. The first-order valence-electron chi connectivity index (χ1n) is 16.4. The van der Waals surface area contributed by atoms with E-state index in [-0.39, 0.29) is 46.0 Å². The van der Waals surface area contributed by atoms with Crippen LogP contribution in [0.1, 0.15) is 68.6 Å². The zero-order valence-corrected chi connectivity index (χ0v) is 27.3. The molecule has 0 radical (unpaired) electrons. The second kappa shape index (κ2) is 12.4. The van der Waals surface area contributed by atoms with Gasteiger partial charge in [0.05, 0.1) is 11.8 Å². The van der Waals surface area contributed by atoms with Gasteiger partial charge in [-0.3, -0.25) is 0 Å². The van der Waals surface area contributed by atoms with Crippen LogP contribution in [-0.2, 0) is 0 Å². The monoisotopic (exact) mass is 696 g/mol. The van der Waals surface area contributed by atoms with Gasteiger partial charge >= 0.3 is 0 Å². The number of phenolic OH excluding ortho intramolecular Hbond substituents is 8. The summed E-state index contributed by atoms with van der Waals surface area (Å²) in [5.41, 5.74) is 4.34. The Morgan fingerprint density at radius 3 is 1.44 bits per heavy atom. The molecule has 10 heteroatoms. The molecule has 0 saturated carbocycles. The summed E-state index contributed by atoms with van der Waals surface area (Å²) in [6, 6.07) is 28.1. The van der Waals surface area contributed by atoms with Crippen molar-refractivity contribution >= 4 is 12.2 Å². The summed E-state index contributed by atoms with van der Waals surface area (Å²) in [5.74, 6) is -1.17. The Hall–Kier alpha value is -6.94. The number of benzene rings is 6. The lowest BCUT2D eigenvalue weighted by atomic mass is 9.81. The number of phenols is 8. The van der Waals surface area contributed by atoms with E-state index in [2.05, 4.69) is 0 Å². The average Bonchev–Trinajstić information content (AvgIpc) is 3.68. The van der Waals surface area contributed by atoms with Gasteiger partial charge in [-0.1, -0.05) is 36.4 Å². The Kier molecular flexibility index (Phi) is 7.72. The summed E-state index contributed by atoms with van der Waals surface area (Å²) in [6.45, 7) is 0. The zero-order valence-electron chi connectivity index (χ0n) is 27.3. The number of aromatic hydroxyl groups is 8. The fraction of sp³-hybridized carbons (Fsp3) is 0.0952. The zero-order chi connectivity index (χ0) is 36.3. The Balaban J connectivity index is 1.25. The quantitative estimate of drug-likeness (QED) is 0.0795. The molecule has 260 valence electrons. The van der Waals surface area contributed by atoms with E-state index in [9.17, 15) is 40.9 Å². The molecule has 2 heterocycles. The van der Waals surface area contributed by atoms with Crippen LogP contribution in [0.4, 0.5) is 0 Å². The topological polar surface area (TPSA) is 180 Å². The maximum absolute atomic E-state index is 11.8. The van der Waals surface area contributed by atoms with E-state index in [0.717, 1.165) is 0 Å². The highest BCUT2D eigenvalue weighted by molar-refractivity contribution is 5.75. The average molecular weight is 697 g/mol. The molecule has 0 bridgehead atoms. The van der Waals surface area contributed by atoms with E-state index in [4.69, 9.17) is 9.47 Å². The lowest BCUT2D eigenvalue weighted by Crippen LogP contribution is -2.11. The van der Waals surface area contributed by atoms with E-state index in [1.807, 2.05) is 0 Å². The molecular formula is C42H32O10. The molecule has 6 aromatic rings. The Morgan fingerprint density at radius 2 is 0.885 bits per heavy atom. The molecule has 0 spiro atoms. The highest BCUT2D eigenvalue weighted by Crippen LogP contribution is 2.58.